The molecule has 0 aliphatic rings. The van der Waals surface area contributed by atoms with E-state index in [2.05, 4.69) is 14.7 Å². The highest BCUT2D eigenvalue weighted by Gasteiger charge is 2.53. The van der Waals surface area contributed by atoms with Crippen molar-refractivity contribution in [1.82, 2.24) is 10.1 Å². The smallest absolute Gasteiger partial charge is 0.415 e. The van der Waals surface area contributed by atoms with Crippen LogP contribution >= 0.6 is 0 Å². The van der Waals surface area contributed by atoms with Crippen molar-refractivity contribution in [1.29, 1.82) is 0 Å². The molecule has 0 saturated carbocycles. The van der Waals surface area contributed by atoms with Gasteiger partial charge in [0.25, 0.3) is 5.89 Å². The van der Waals surface area contributed by atoms with E-state index in [0.29, 0.717) is 11.3 Å². The Morgan fingerprint density at radius 1 is 1.33 bits per heavy atom. The maximum atomic E-state index is 12.7. The molecule has 0 bridgehead atoms. The van der Waals surface area contributed by atoms with Crippen LogP contribution < -0.4 is 5.73 Å². The Bertz CT molecular complexity index is 557. The summed E-state index contributed by atoms with van der Waals surface area (Å²) in [5, 5.41) is 3.47. The van der Waals surface area contributed by atoms with Crippen molar-refractivity contribution < 1.29 is 22.1 Å². The van der Waals surface area contributed by atoms with Gasteiger partial charge in [-0.3, -0.25) is 0 Å². The first kappa shape index (κ1) is 12.6. The van der Waals surface area contributed by atoms with E-state index in [1.165, 1.54) is 12.3 Å². The van der Waals surface area contributed by atoms with Crippen molar-refractivity contribution in [2.45, 2.75) is 25.6 Å². The Labute approximate surface area is 99.8 Å². The molecule has 8 heteroatoms. The molecule has 2 rings (SSSR count). The summed E-state index contributed by atoms with van der Waals surface area (Å²) in [6.07, 6.45) is -3.30. The number of rotatable bonds is 2. The van der Waals surface area contributed by atoms with Crippen LogP contribution in [0.4, 0.5) is 13.2 Å². The highest BCUT2D eigenvalue weighted by molar-refractivity contribution is 5.56. The highest BCUT2D eigenvalue weighted by Crippen LogP contribution is 2.36. The van der Waals surface area contributed by atoms with Gasteiger partial charge in [0.05, 0.1) is 11.8 Å². The molecule has 2 heterocycles. The summed E-state index contributed by atoms with van der Waals surface area (Å²) in [6.45, 7) is 2.41. The molecule has 2 N–H and O–H groups in total. The molecule has 0 spiro atoms. The van der Waals surface area contributed by atoms with Crippen LogP contribution in [0.2, 0.25) is 0 Å². The van der Waals surface area contributed by atoms with E-state index in [-0.39, 0.29) is 5.82 Å². The number of halogens is 3. The van der Waals surface area contributed by atoms with E-state index in [1.54, 1.807) is 6.92 Å². The summed E-state index contributed by atoms with van der Waals surface area (Å²) in [7, 11) is 0. The highest BCUT2D eigenvalue weighted by atomic mass is 19.4. The SMILES string of the molecule is Cc1occc1-c1noc(C(C)(N)C(F)(F)F)n1. The van der Waals surface area contributed by atoms with Crippen LogP contribution in [-0.4, -0.2) is 16.3 Å². The first-order valence-corrected chi connectivity index (χ1v) is 4.97. The topological polar surface area (TPSA) is 78.1 Å². The Hall–Kier alpha value is -1.83. The summed E-state index contributed by atoms with van der Waals surface area (Å²) in [6, 6.07) is 1.53. The van der Waals surface area contributed by atoms with Gasteiger partial charge in [-0.25, -0.2) is 0 Å². The third kappa shape index (κ3) is 1.88. The predicted octanol–water partition coefficient (Wildman–Crippen LogP) is 2.37. The molecule has 0 aliphatic carbocycles. The molecule has 1 unspecified atom stereocenters. The summed E-state index contributed by atoms with van der Waals surface area (Å²) in [4.78, 5) is 3.67. The summed E-state index contributed by atoms with van der Waals surface area (Å²) in [5.74, 6) is -0.198. The van der Waals surface area contributed by atoms with Crippen molar-refractivity contribution in [2.24, 2.45) is 5.73 Å². The lowest BCUT2D eigenvalue weighted by Crippen LogP contribution is -2.47. The van der Waals surface area contributed by atoms with Crippen LogP contribution in [0.15, 0.2) is 21.3 Å². The quantitative estimate of drug-likeness (QED) is 0.897. The van der Waals surface area contributed by atoms with Crippen LogP contribution in [-0.2, 0) is 5.54 Å². The molecule has 2 aromatic rings. The fraction of sp³-hybridized carbons (Fsp3) is 0.400. The number of aromatic nitrogens is 2. The van der Waals surface area contributed by atoms with E-state index in [1.807, 2.05) is 0 Å². The lowest BCUT2D eigenvalue weighted by atomic mass is 10.0. The molecule has 1 atom stereocenters. The Morgan fingerprint density at radius 2 is 2.00 bits per heavy atom. The normalized spacial score (nSPS) is 15.7. The number of alkyl halides is 3. The summed E-state index contributed by atoms with van der Waals surface area (Å²) >= 11 is 0. The first-order valence-electron chi connectivity index (χ1n) is 4.97. The lowest BCUT2D eigenvalue weighted by molar-refractivity contribution is -0.190. The number of hydrogen-bond acceptors (Lipinski definition) is 5. The van der Waals surface area contributed by atoms with Gasteiger partial charge in [0.1, 0.15) is 5.76 Å². The second kappa shape index (κ2) is 3.84. The maximum Gasteiger partial charge on any atom is 0.415 e. The molecule has 0 fully saturated rings. The van der Waals surface area contributed by atoms with Gasteiger partial charge in [-0.1, -0.05) is 5.16 Å². The molecular formula is C10H10F3N3O2. The molecule has 0 amide bonds. The molecule has 2 aromatic heterocycles. The van der Waals surface area contributed by atoms with Crippen molar-refractivity contribution in [3.63, 3.8) is 0 Å². The molecule has 18 heavy (non-hydrogen) atoms. The molecule has 0 aliphatic heterocycles. The van der Waals surface area contributed by atoms with Gasteiger partial charge >= 0.3 is 6.18 Å². The second-order valence-electron chi connectivity index (χ2n) is 4.01. The fourth-order valence-corrected chi connectivity index (χ4v) is 1.28. The van der Waals surface area contributed by atoms with Gasteiger partial charge in [-0.2, -0.15) is 18.2 Å². The second-order valence-corrected chi connectivity index (χ2v) is 4.01. The van der Waals surface area contributed by atoms with Gasteiger partial charge in [-0.05, 0) is 19.9 Å². The van der Waals surface area contributed by atoms with Gasteiger partial charge in [-0.15, -0.1) is 0 Å². The largest absolute Gasteiger partial charge is 0.469 e. The van der Waals surface area contributed by atoms with Gasteiger partial charge in [0.2, 0.25) is 5.82 Å². The van der Waals surface area contributed by atoms with Crippen LogP contribution in [0.5, 0.6) is 0 Å². The number of aryl methyl sites for hydroxylation is 1. The zero-order valence-electron chi connectivity index (χ0n) is 9.58. The minimum absolute atomic E-state index is 0.0113. The third-order valence-corrected chi connectivity index (χ3v) is 2.56. The lowest BCUT2D eigenvalue weighted by Gasteiger charge is -2.22. The van der Waals surface area contributed by atoms with Gasteiger partial charge < -0.3 is 14.7 Å². The van der Waals surface area contributed by atoms with E-state index in [4.69, 9.17) is 10.2 Å². The van der Waals surface area contributed by atoms with E-state index < -0.39 is 17.6 Å². The number of furan rings is 1. The fourth-order valence-electron chi connectivity index (χ4n) is 1.28. The number of nitrogens with two attached hydrogens (primary N) is 1. The molecular weight excluding hydrogens is 251 g/mol. The van der Waals surface area contributed by atoms with E-state index in [0.717, 1.165) is 6.92 Å². The zero-order valence-corrected chi connectivity index (χ0v) is 9.58. The Morgan fingerprint density at radius 3 is 2.50 bits per heavy atom. The standard InChI is InChI=1S/C10H10F3N3O2/c1-5-6(3-4-17-5)7-15-8(18-16-7)9(2,14)10(11,12)13/h3-4H,14H2,1-2H3. The molecule has 0 saturated heterocycles. The van der Waals surface area contributed by atoms with Crippen molar-refractivity contribution in [3.05, 3.63) is 24.0 Å². The van der Waals surface area contributed by atoms with E-state index >= 15 is 0 Å². The maximum absolute atomic E-state index is 12.7. The predicted molar refractivity (Wildman–Crippen MR) is 54.3 cm³/mol. The average molecular weight is 261 g/mol. The molecule has 0 aromatic carbocycles. The summed E-state index contributed by atoms with van der Waals surface area (Å²) < 4.78 is 47.6. The molecule has 5 nitrogen and oxygen atoms in total. The number of hydrogen-bond donors (Lipinski definition) is 1. The molecule has 98 valence electrons. The number of nitrogens with zero attached hydrogens (tertiary/aromatic N) is 2. The van der Waals surface area contributed by atoms with Crippen LogP contribution in [0, 0.1) is 6.92 Å². The average Bonchev–Trinajstić information content (AvgIpc) is 2.83. The Balaban J connectivity index is 2.41. The summed E-state index contributed by atoms with van der Waals surface area (Å²) in [5.41, 5.74) is 2.95. The monoisotopic (exact) mass is 261 g/mol. The van der Waals surface area contributed by atoms with Crippen LogP contribution in [0.1, 0.15) is 18.6 Å². The third-order valence-electron chi connectivity index (χ3n) is 2.56. The zero-order chi connectivity index (χ0) is 13.6. The van der Waals surface area contributed by atoms with Crippen molar-refractivity contribution >= 4 is 0 Å². The van der Waals surface area contributed by atoms with Gasteiger partial charge in [0.15, 0.2) is 5.54 Å². The first-order chi connectivity index (χ1) is 8.23. The Kier molecular flexibility index (Phi) is 2.69. The minimum Gasteiger partial charge on any atom is -0.469 e. The van der Waals surface area contributed by atoms with Crippen molar-refractivity contribution in [3.8, 4) is 11.4 Å². The van der Waals surface area contributed by atoms with Gasteiger partial charge in [0, 0.05) is 0 Å². The molecule has 0 radical (unpaired) electrons. The van der Waals surface area contributed by atoms with Crippen LogP contribution in [0.3, 0.4) is 0 Å². The van der Waals surface area contributed by atoms with Crippen molar-refractivity contribution in [2.75, 3.05) is 0 Å². The minimum atomic E-state index is -4.68. The van der Waals surface area contributed by atoms with Crippen LogP contribution in [0.25, 0.3) is 11.4 Å². The van der Waals surface area contributed by atoms with E-state index in [9.17, 15) is 13.2 Å².